The van der Waals surface area contributed by atoms with Crippen molar-refractivity contribution in [1.29, 1.82) is 0 Å². The summed E-state index contributed by atoms with van der Waals surface area (Å²) >= 11 is 1.77. The summed E-state index contributed by atoms with van der Waals surface area (Å²) in [4.78, 5) is 2.52. The molecule has 0 unspecified atom stereocenters. The Hall–Kier alpha value is -1.25. The van der Waals surface area contributed by atoms with Crippen molar-refractivity contribution >= 4 is 11.8 Å². The lowest BCUT2D eigenvalue weighted by Gasteiger charge is -2.03. The molecule has 16 heavy (non-hydrogen) atoms. The Morgan fingerprint density at radius 1 is 0.875 bits per heavy atom. The third-order valence-corrected chi connectivity index (χ3v) is 3.23. The molecule has 0 aliphatic heterocycles. The third kappa shape index (κ3) is 3.12. The maximum Gasteiger partial charge on any atom is 0.0713 e. The molecule has 0 radical (unpaired) electrons. The fourth-order valence-electron chi connectivity index (χ4n) is 1.45. The molecule has 2 rings (SSSR count). The second kappa shape index (κ2) is 5.73. The molecule has 0 bridgehead atoms. The van der Waals surface area contributed by atoms with Crippen molar-refractivity contribution in [1.82, 2.24) is 0 Å². The number of hydrogen-bond acceptors (Lipinski definition) is 2. The summed E-state index contributed by atoms with van der Waals surface area (Å²) in [6.07, 6.45) is 0. The van der Waals surface area contributed by atoms with Crippen LogP contribution in [-0.4, -0.2) is 7.11 Å². The van der Waals surface area contributed by atoms with Crippen LogP contribution < -0.4 is 0 Å². The molecular weight excluding hydrogens is 216 g/mol. The van der Waals surface area contributed by atoms with Gasteiger partial charge in [0.15, 0.2) is 0 Å². The Bertz CT molecular complexity index is 422. The van der Waals surface area contributed by atoms with E-state index in [9.17, 15) is 0 Å². The molecule has 0 aromatic heterocycles. The minimum Gasteiger partial charge on any atom is -0.380 e. The predicted molar refractivity (Wildman–Crippen MR) is 67.7 cm³/mol. The fourth-order valence-corrected chi connectivity index (χ4v) is 2.28. The number of hydrogen-bond donors (Lipinski definition) is 0. The Labute approximate surface area is 100 Å². The Balaban J connectivity index is 2.05. The lowest BCUT2D eigenvalue weighted by molar-refractivity contribution is 0.185. The fraction of sp³-hybridized carbons (Fsp3) is 0.143. The molecule has 0 saturated carbocycles. The monoisotopic (exact) mass is 230 g/mol. The van der Waals surface area contributed by atoms with Gasteiger partial charge in [-0.2, -0.15) is 0 Å². The first-order valence-electron chi connectivity index (χ1n) is 5.19. The van der Waals surface area contributed by atoms with Crippen LogP contribution >= 0.6 is 11.8 Å². The molecule has 0 amide bonds. The molecule has 0 heterocycles. The first-order chi connectivity index (χ1) is 7.88. The molecule has 0 saturated heterocycles. The van der Waals surface area contributed by atoms with E-state index in [4.69, 9.17) is 4.74 Å². The standard InChI is InChI=1S/C14H14OS/c1-15-11-12-7-9-14(10-8-12)16-13-5-3-2-4-6-13/h2-10H,11H2,1H3. The van der Waals surface area contributed by atoms with Crippen LogP contribution in [0.2, 0.25) is 0 Å². The smallest absolute Gasteiger partial charge is 0.0713 e. The highest BCUT2D eigenvalue weighted by Gasteiger charge is 1.97. The summed E-state index contributed by atoms with van der Waals surface area (Å²) < 4.78 is 5.08. The van der Waals surface area contributed by atoms with Gasteiger partial charge < -0.3 is 4.74 Å². The predicted octanol–water partition coefficient (Wildman–Crippen LogP) is 3.98. The molecule has 0 aliphatic carbocycles. The van der Waals surface area contributed by atoms with Crippen LogP contribution in [-0.2, 0) is 11.3 Å². The molecular formula is C14H14OS. The van der Waals surface area contributed by atoms with Crippen molar-refractivity contribution < 1.29 is 4.74 Å². The van der Waals surface area contributed by atoms with Gasteiger partial charge >= 0.3 is 0 Å². The molecule has 0 N–H and O–H groups in total. The average molecular weight is 230 g/mol. The van der Waals surface area contributed by atoms with Crippen LogP contribution in [0.1, 0.15) is 5.56 Å². The van der Waals surface area contributed by atoms with Gasteiger partial charge in [-0.3, -0.25) is 0 Å². The Kier molecular flexibility index (Phi) is 4.03. The molecule has 0 fully saturated rings. The van der Waals surface area contributed by atoms with Gasteiger partial charge in [0.05, 0.1) is 6.61 Å². The number of rotatable bonds is 4. The number of ether oxygens (including phenoxy) is 1. The van der Waals surface area contributed by atoms with E-state index >= 15 is 0 Å². The van der Waals surface area contributed by atoms with Gasteiger partial charge in [-0.05, 0) is 29.8 Å². The maximum absolute atomic E-state index is 5.08. The first-order valence-corrected chi connectivity index (χ1v) is 6.01. The molecule has 2 aromatic carbocycles. The van der Waals surface area contributed by atoms with Crippen molar-refractivity contribution in [3.63, 3.8) is 0 Å². The van der Waals surface area contributed by atoms with Gasteiger partial charge in [0.2, 0.25) is 0 Å². The van der Waals surface area contributed by atoms with E-state index in [1.807, 2.05) is 6.07 Å². The molecule has 0 spiro atoms. The SMILES string of the molecule is COCc1ccc(Sc2ccccc2)cc1. The Morgan fingerprint density at radius 2 is 1.50 bits per heavy atom. The van der Waals surface area contributed by atoms with E-state index in [1.165, 1.54) is 15.4 Å². The van der Waals surface area contributed by atoms with Crippen LogP contribution in [0.3, 0.4) is 0 Å². The second-order valence-electron chi connectivity index (χ2n) is 3.49. The van der Waals surface area contributed by atoms with E-state index in [1.54, 1.807) is 18.9 Å². The highest BCUT2D eigenvalue weighted by atomic mass is 32.2. The van der Waals surface area contributed by atoms with Crippen LogP contribution in [0.15, 0.2) is 64.4 Å². The maximum atomic E-state index is 5.08. The molecule has 2 heteroatoms. The summed E-state index contributed by atoms with van der Waals surface area (Å²) in [5, 5.41) is 0. The summed E-state index contributed by atoms with van der Waals surface area (Å²) in [5.41, 5.74) is 1.21. The van der Waals surface area contributed by atoms with Gasteiger partial charge in [0.25, 0.3) is 0 Å². The molecule has 0 aliphatic rings. The lowest BCUT2D eigenvalue weighted by Crippen LogP contribution is -1.86. The van der Waals surface area contributed by atoms with Crippen molar-refractivity contribution in [2.75, 3.05) is 7.11 Å². The van der Waals surface area contributed by atoms with E-state index in [2.05, 4.69) is 48.5 Å². The number of methoxy groups -OCH3 is 1. The van der Waals surface area contributed by atoms with Crippen molar-refractivity contribution in [2.45, 2.75) is 16.4 Å². The van der Waals surface area contributed by atoms with Gasteiger partial charge in [-0.15, -0.1) is 0 Å². The van der Waals surface area contributed by atoms with Gasteiger partial charge in [0, 0.05) is 16.9 Å². The molecule has 0 atom stereocenters. The van der Waals surface area contributed by atoms with E-state index in [-0.39, 0.29) is 0 Å². The Morgan fingerprint density at radius 3 is 2.12 bits per heavy atom. The summed E-state index contributed by atoms with van der Waals surface area (Å²) in [6.45, 7) is 0.677. The topological polar surface area (TPSA) is 9.23 Å². The normalized spacial score (nSPS) is 10.3. The zero-order valence-electron chi connectivity index (χ0n) is 9.22. The third-order valence-electron chi connectivity index (χ3n) is 2.21. The quantitative estimate of drug-likeness (QED) is 0.785. The largest absolute Gasteiger partial charge is 0.380 e. The minimum absolute atomic E-state index is 0.677. The van der Waals surface area contributed by atoms with Crippen molar-refractivity contribution in [3.05, 3.63) is 60.2 Å². The lowest BCUT2D eigenvalue weighted by atomic mass is 10.2. The van der Waals surface area contributed by atoms with Crippen LogP contribution in [0.4, 0.5) is 0 Å². The van der Waals surface area contributed by atoms with E-state index in [0.717, 1.165) is 0 Å². The van der Waals surface area contributed by atoms with Gasteiger partial charge in [-0.25, -0.2) is 0 Å². The number of benzene rings is 2. The summed E-state index contributed by atoms with van der Waals surface area (Å²) in [7, 11) is 1.71. The summed E-state index contributed by atoms with van der Waals surface area (Å²) in [6, 6.07) is 18.9. The molecule has 1 nitrogen and oxygen atoms in total. The van der Waals surface area contributed by atoms with E-state index in [0.29, 0.717) is 6.61 Å². The summed E-state index contributed by atoms with van der Waals surface area (Å²) in [5.74, 6) is 0. The second-order valence-corrected chi connectivity index (χ2v) is 4.64. The van der Waals surface area contributed by atoms with Gasteiger partial charge in [0.1, 0.15) is 0 Å². The van der Waals surface area contributed by atoms with Crippen LogP contribution in [0.5, 0.6) is 0 Å². The highest BCUT2D eigenvalue weighted by Crippen LogP contribution is 2.27. The van der Waals surface area contributed by atoms with Crippen molar-refractivity contribution in [3.8, 4) is 0 Å². The van der Waals surface area contributed by atoms with Crippen LogP contribution in [0, 0.1) is 0 Å². The van der Waals surface area contributed by atoms with Crippen LogP contribution in [0.25, 0.3) is 0 Å². The molecule has 2 aromatic rings. The minimum atomic E-state index is 0.677. The molecule has 82 valence electrons. The average Bonchev–Trinajstić information content (AvgIpc) is 2.33. The zero-order valence-corrected chi connectivity index (χ0v) is 10.0. The highest BCUT2D eigenvalue weighted by molar-refractivity contribution is 7.99. The van der Waals surface area contributed by atoms with Gasteiger partial charge in [-0.1, -0.05) is 42.1 Å². The zero-order chi connectivity index (χ0) is 11.2. The first kappa shape index (κ1) is 11.2. The van der Waals surface area contributed by atoms with E-state index < -0.39 is 0 Å². The van der Waals surface area contributed by atoms with Crippen molar-refractivity contribution in [2.24, 2.45) is 0 Å².